The molecule has 17 heavy (non-hydrogen) atoms. The van der Waals surface area contributed by atoms with Crippen LogP contribution in [-0.4, -0.2) is 30.1 Å². The van der Waals surface area contributed by atoms with Crippen molar-refractivity contribution in [1.29, 1.82) is 0 Å². The lowest BCUT2D eigenvalue weighted by molar-refractivity contribution is -0.155. The summed E-state index contributed by atoms with van der Waals surface area (Å²) < 4.78 is 10.6. The molecule has 102 valence electrons. The zero-order chi connectivity index (χ0) is 13.3. The van der Waals surface area contributed by atoms with E-state index in [1.807, 2.05) is 20.8 Å². The molecule has 3 nitrogen and oxygen atoms in total. The molecule has 0 aliphatic carbocycles. The Labute approximate surface area is 113 Å². The summed E-state index contributed by atoms with van der Waals surface area (Å²) in [6.45, 7) is 9.33. The number of hydrogen-bond donors (Lipinski definition) is 0. The average Bonchev–Trinajstić information content (AvgIpc) is 2.19. The average molecular weight is 309 g/mol. The predicted molar refractivity (Wildman–Crippen MR) is 73.5 cm³/mol. The van der Waals surface area contributed by atoms with Crippen LogP contribution >= 0.6 is 15.9 Å². The molecule has 0 aromatic carbocycles. The van der Waals surface area contributed by atoms with Gasteiger partial charge < -0.3 is 9.47 Å². The van der Waals surface area contributed by atoms with Crippen molar-refractivity contribution >= 4 is 21.9 Å². The molecule has 0 aromatic heterocycles. The maximum absolute atomic E-state index is 11.5. The lowest BCUT2D eigenvalue weighted by Gasteiger charge is -2.20. The minimum absolute atomic E-state index is 0.106. The van der Waals surface area contributed by atoms with Crippen LogP contribution in [0.1, 0.15) is 47.0 Å². The van der Waals surface area contributed by atoms with E-state index in [0.29, 0.717) is 12.3 Å². The van der Waals surface area contributed by atoms with E-state index < -0.39 is 0 Å². The topological polar surface area (TPSA) is 35.5 Å². The Morgan fingerprint density at radius 3 is 2.41 bits per heavy atom. The van der Waals surface area contributed by atoms with Gasteiger partial charge in [-0.25, -0.2) is 0 Å². The number of carbonyl (C=O) groups is 1. The highest BCUT2D eigenvalue weighted by molar-refractivity contribution is 9.09. The fourth-order valence-corrected chi connectivity index (χ4v) is 1.57. The van der Waals surface area contributed by atoms with Gasteiger partial charge in [-0.1, -0.05) is 22.9 Å². The van der Waals surface area contributed by atoms with E-state index in [4.69, 9.17) is 9.47 Å². The Balaban J connectivity index is 3.55. The molecular formula is C13H25BrO3. The summed E-state index contributed by atoms with van der Waals surface area (Å²) in [6.07, 6.45) is 2.36. The zero-order valence-corrected chi connectivity index (χ0v) is 13.0. The second kappa shape index (κ2) is 8.92. The quantitative estimate of drug-likeness (QED) is 0.391. The molecule has 4 heteroatoms. The molecule has 0 aromatic rings. The molecule has 0 radical (unpaired) electrons. The van der Waals surface area contributed by atoms with Gasteiger partial charge in [-0.3, -0.25) is 4.79 Å². The maximum Gasteiger partial charge on any atom is 0.306 e. The molecule has 1 unspecified atom stereocenters. The second-order valence-electron chi connectivity index (χ2n) is 5.32. The van der Waals surface area contributed by atoms with Gasteiger partial charge in [-0.15, -0.1) is 0 Å². The van der Waals surface area contributed by atoms with Crippen molar-refractivity contribution in [1.82, 2.24) is 0 Å². The molecule has 0 heterocycles. The summed E-state index contributed by atoms with van der Waals surface area (Å²) in [5.74, 6) is 0.392. The first kappa shape index (κ1) is 16.9. The highest BCUT2D eigenvalue weighted by Gasteiger charge is 2.16. The fourth-order valence-electron chi connectivity index (χ4n) is 1.34. The van der Waals surface area contributed by atoms with E-state index in [2.05, 4.69) is 22.9 Å². The Bertz CT molecular complexity index is 211. The zero-order valence-electron chi connectivity index (χ0n) is 11.4. The summed E-state index contributed by atoms with van der Waals surface area (Å²) in [5, 5.41) is 0.874. The fraction of sp³-hybridized carbons (Fsp3) is 0.923. The van der Waals surface area contributed by atoms with Crippen LogP contribution in [0.25, 0.3) is 0 Å². The highest BCUT2D eigenvalue weighted by atomic mass is 79.9. The van der Waals surface area contributed by atoms with Crippen LogP contribution < -0.4 is 0 Å². The molecule has 0 aliphatic rings. The van der Waals surface area contributed by atoms with Crippen LogP contribution in [0.2, 0.25) is 0 Å². The van der Waals surface area contributed by atoms with Gasteiger partial charge in [0.25, 0.3) is 0 Å². The summed E-state index contributed by atoms with van der Waals surface area (Å²) in [4.78, 5) is 11.5. The SMILES string of the molecule is CC(CCOCCBr)CCC(=O)OC(C)(C)C. The molecule has 0 fully saturated rings. The van der Waals surface area contributed by atoms with Gasteiger partial charge >= 0.3 is 5.97 Å². The first-order chi connectivity index (χ1) is 7.85. The molecule has 0 saturated heterocycles. The van der Waals surface area contributed by atoms with Crippen molar-refractivity contribution in [2.24, 2.45) is 5.92 Å². The summed E-state index contributed by atoms with van der Waals surface area (Å²) in [7, 11) is 0. The Morgan fingerprint density at radius 2 is 1.88 bits per heavy atom. The number of halogens is 1. The molecule has 0 rings (SSSR count). The van der Waals surface area contributed by atoms with Crippen molar-refractivity contribution < 1.29 is 14.3 Å². The van der Waals surface area contributed by atoms with Gasteiger partial charge in [0.15, 0.2) is 0 Å². The van der Waals surface area contributed by atoms with Crippen LogP contribution in [0.5, 0.6) is 0 Å². The molecule has 1 atom stereocenters. The molecule has 0 amide bonds. The van der Waals surface area contributed by atoms with E-state index in [0.717, 1.165) is 31.4 Å². The van der Waals surface area contributed by atoms with Crippen molar-refractivity contribution in [2.75, 3.05) is 18.5 Å². The number of ether oxygens (including phenoxy) is 2. The number of hydrogen-bond acceptors (Lipinski definition) is 3. The summed E-state index contributed by atoms with van der Waals surface area (Å²) >= 11 is 3.31. The van der Waals surface area contributed by atoms with Crippen LogP contribution in [0, 0.1) is 5.92 Å². The monoisotopic (exact) mass is 308 g/mol. The van der Waals surface area contributed by atoms with Gasteiger partial charge in [-0.05, 0) is 39.5 Å². The lowest BCUT2D eigenvalue weighted by Crippen LogP contribution is -2.24. The van der Waals surface area contributed by atoms with Gasteiger partial charge in [0, 0.05) is 18.4 Å². The Morgan fingerprint density at radius 1 is 1.24 bits per heavy atom. The van der Waals surface area contributed by atoms with E-state index >= 15 is 0 Å². The van der Waals surface area contributed by atoms with Gasteiger partial charge in [-0.2, -0.15) is 0 Å². The minimum Gasteiger partial charge on any atom is -0.460 e. The summed E-state index contributed by atoms with van der Waals surface area (Å²) in [5.41, 5.74) is -0.376. The van der Waals surface area contributed by atoms with Crippen molar-refractivity contribution in [3.05, 3.63) is 0 Å². The van der Waals surface area contributed by atoms with Crippen molar-refractivity contribution in [3.8, 4) is 0 Å². The van der Waals surface area contributed by atoms with Crippen molar-refractivity contribution in [2.45, 2.75) is 52.6 Å². The molecule has 0 bridgehead atoms. The van der Waals surface area contributed by atoms with Crippen LogP contribution in [-0.2, 0) is 14.3 Å². The first-order valence-electron chi connectivity index (χ1n) is 6.20. The van der Waals surface area contributed by atoms with E-state index in [1.165, 1.54) is 0 Å². The van der Waals surface area contributed by atoms with E-state index in [9.17, 15) is 4.79 Å². The normalized spacial score (nSPS) is 13.5. The van der Waals surface area contributed by atoms with E-state index in [1.54, 1.807) is 0 Å². The van der Waals surface area contributed by atoms with Crippen LogP contribution in [0.3, 0.4) is 0 Å². The Hall–Kier alpha value is -0.0900. The van der Waals surface area contributed by atoms with Crippen LogP contribution in [0.4, 0.5) is 0 Å². The highest BCUT2D eigenvalue weighted by Crippen LogP contribution is 2.14. The third-order valence-electron chi connectivity index (χ3n) is 2.24. The summed E-state index contributed by atoms with van der Waals surface area (Å²) in [6, 6.07) is 0. The number of alkyl halides is 1. The Kier molecular flexibility index (Phi) is 8.88. The molecule has 0 N–H and O–H groups in total. The maximum atomic E-state index is 11.5. The molecule has 0 aliphatic heterocycles. The number of carbonyl (C=O) groups excluding carboxylic acids is 1. The van der Waals surface area contributed by atoms with Crippen molar-refractivity contribution in [3.63, 3.8) is 0 Å². The minimum atomic E-state index is -0.376. The standard InChI is InChI=1S/C13H25BrO3/c1-11(7-9-16-10-8-14)5-6-12(15)17-13(2,3)4/h11H,5-10H2,1-4H3. The number of esters is 1. The first-order valence-corrected chi connectivity index (χ1v) is 7.33. The third kappa shape index (κ3) is 12.2. The third-order valence-corrected chi connectivity index (χ3v) is 2.56. The molecular weight excluding hydrogens is 284 g/mol. The molecule has 0 spiro atoms. The smallest absolute Gasteiger partial charge is 0.306 e. The second-order valence-corrected chi connectivity index (χ2v) is 6.11. The van der Waals surface area contributed by atoms with Gasteiger partial charge in [0.2, 0.25) is 0 Å². The predicted octanol–water partition coefficient (Wildman–Crippen LogP) is 3.55. The van der Waals surface area contributed by atoms with Gasteiger partial charge in [0.05, 0.1) is 6.61 Å². The molecule has 0 saturated carbocycles. The lowest BCUT2D eigenvalue weighted by atomic mass is 10.0. The number of rotatable bonds is 8. The van der Waals surface area contributed by atoms with E-state index in [-0.39, 0.29) is 11.6 Å². The largest absolute Gasteiger partial charge is 0.460 e. The van der Waals surface area contributed by atoms with Crippen LogP contribution in [0.15, 0.2) is 0 Å². The van der Waals surface area contributed by atoms with Gasteiger partial charge in [0.1, 0.15) is 5.60 Å².